The molecule has 0 spiro atoms. The molecule has 0 aromatic heterocycles. The second kappa shape index (κ2) is 7.82. The number of nitrogens with one attached hydrogen (secondary N) is 2. The highest BCUT2D eigenvalue weighted by Gasteiger charge is 2.14. The van der Waals surface area contributed by atoms with Gasteiger partial charge in [0.15, 0.2) is 0 Å². The quantitative estimate of drug-likeness (QED) is 0.769. The topological polar surface area (TPSA) is 101 Å². The van der Waals surface area contributed by atoms with E-state index in [1.54, 1.807) is 24.3 Å². The van der Waals surface area contributed by atoms with E-state index in [-0.39, 0.29) is 23.8 Å². The van der Waals surface area contributed by atoms with Crippen molar-refractivity contribution >= 4 is 23.4 Å². The number of hydrogen-bond donors (Lipinski definition) is 3. The normalized spacial score (nSPS) is 10.9. The van der Waals surface area contributed by atoms with Crippen molar-refractivity contribution in [2.24, 2.45) is 5.73 Å². The molecule has 0 radical (unpaired) electrons. The Morgan fingerprint density at radius 3 is 1.92 bits per heavy atom. The Kier molecular flexibility index (Phi) is 5.77. The van der Waals surface area contributed by atoms with Crippen molar-refractivity contribution in [1.82, 2.24) is 5.32 Å². The maximum atomic E-state index is 12.1. The van der Waals surface area contributed by atoms with Crippen LogP contribution in [0.2, 0.25) is 0 Å². The zero-order valence-electron chi connectivity index (χ0n) is 15.1. The van der Waals surface area contributed by atoms with Crippen LogP contribution in [0.5, 0.6) is 0 Å². The molecule has 4 N–H and O–H groups in total. The van der Waals surface area contributed by atoms with Crippen LogP contribution >= 0.6 is 0 Å². The van der Waals surface area contributed by atoms with Crippen LogP contribution in [0.25, 0.3) is 0 Å². The monoisotopic (exact) mass is 353 g/mol. The van der Waals surface area contributed by atoms with Gasteiger partial charge in [-0.15, -0.1) is 0 Å². The van der Waals surface area contributed by atoms with Crippen molar-refractivity contribution in [2.45, 2.75) is 26.2 Å². The second-order valence-corrected chi connectivity index (χ2v) is 7.00. The van der Waals surface area contributed by atoms with E-state index in [2.05, 4.69) is 31.4 Å². The first-order valence-electron chi connectivity index (χ1n) is 8.25. The summed E-state index contributed by atoms with van der Waals surface area (Å²) in [5.41, 5.74) is 7.67. The highest BCUT2D eigenvalue weighted by molar-refractivity contribution is 5.99. The molecule has 2 aromatic rings. The molecule has 2 rings (SSSR count). The van der Waals surface area contributed by atoms with Gasteiger partial charge in [-0.3, -0.25) is 14.4 Å². The SMILES string of the molecule is CC(C)(C)c1ccc(C(=O)NCC(=O)Nc2ccc(C(N)=O)cc2)cc1. The molecule has 2 aromatic carbocycles. The van der Waals surface area contributed by atoms with Gasteiger partial charge in [-0.05, 0) is 47.4 Å². The minimum absolute atomic E-state index is 0.0129. The number of nitrogens with two attached hydrogens (primary N) is 1. The van der Waals surface area contributed by atoms with Crippen LogP contribution in [-0.2, 0) is 10.2 Å². The number of carbonyl (C=O) groups excluding carboxylic acids is 3. The zero-order valence-corrected chi connectivity index (χ0v) is 15.1. The summed E-state index contributed by atoms with van der Waals surface area (Å²) in [6, 6.07) is 13.5. The van der Waals surface area contributed by atoms with Gasteiger partial charge in [0.1, 0.15) is 0 Å². The van der Waals surface area contributed by atoms with Crippen molar-refractivity contribution in [1.29, 1.82) is 0 Å². The van der Waals surface area contributed by atoms with Gasteiger partial charge in [0.25, 0.3) is 5.91 Å². The van der Waals surface area contributed by atoms with Gasteiger partial charge in [-0.1, -0.05) is 32.9 Å². The Balaban J connectivity index is 1.88. The zero-order chi connectivity index (χ0) is 19.3. The molecule has 0 aliphatic carbocycles. The van der Waals surface area contributed by atoms with Crippen LogP contribution in [-0.4, -0.2) is 24.3 Å². The summed E-state index contributed by atoms with van der Waals surface area (Å²) in [5, 5.41) is 5.22. The van der Waals surface area contributed by atoms with E-state index in [4.69, 9.17) is 5.73 Å². The molecular weight excluding hydrogens is 330 g/mol. The molecule has 0 aliphatic rings. The van der Waals surface area contributed by atoms with E-state index < -0.39 is 5.91 Å². The number of rotatable bonds is 5. The fraction of sp³-hybridized carbons (Fsp3) is 0.250. The summed E-state index contributed by atoms with van der Waals surface area (Å²) in [4.78, 5) is 35.1. The molecule has 0 saturated carbocycles. The van der Waals surface area contributed by atoms with Crippen molar-refractivity contribution in [3.05, 3.63) is 65.2 Å². The first-order chi connectivity index (χ1) is 12.2. The van der Waals surface area contributed by atoms with Crippen molar-refractivity contribution in [2.75, 3.05) is 11.9 Å². The number of hydrogen-bond acceptors (Lipinski definition) is 3. The molecule has 6 nitrogen and oxygen atoms in total. The summed E-state index contributed by atoms with van der Waals surface area (Å²) in [7, 11) is 0. The summed E-state index contributed by atoms with van der Waals surface area (Å²) in [5.74, 6) is -1.21. The third kappa shape index (κ3) is 5.17. The molecule has 0 aliphatic heterocycles. The van der Waals surface area contributed by atoms with Crippen molar-refractivity contribution < 1.29 is 14.4 Å². The predicted octanol–water partition coefficient (Wildman–Crippen LogP) is 2.45. The largest absolute Gasteiger partial charge is 0.366 e. The lowest BCUT2D eigenvalue weighted by Crippen LogP contribution is -2.32. The average molecular weight is 353 g/mol. The molecule has 0 saturated heterocycles. The Hall–Kier alpha value is -3.15. The summed E-state index contributed by atoms with van der Waals surface area (Å²) < 4.78 is 0. The standard InChI is InChI=1S/C20H23N3O3/c1-20(2,3)15-8-4-14(5-9-15)19(26)22-12-17(24)23-16-10-6-13(7-11-16)18(21)25/h4-11H,12H2,1-3H3,(H2,21,25)(H,22,26)(H,23,24). The maximum absolute atomic E-state index is 12.1. The molecule has 26 heavy (non-hydrogen) atoms. The summed E-state index contributed by atoms with van der Waals surface area (Å²) >= 11 is 0. The Morgan fingerprint density at radius 1 is 0.885 bits per heavy atom. The van der Waals surface area contributed by atoms with Crippen LogP contribution in [0.1, 0.15) is 47.1 Å². The molecule has 0 unspecified atom stereocenters. The molecule has 0 atom stereocenters. The summed E-state index contributed by atoms with van der Waals surface area (Å²) in [6.07, 6.45) is 0. The third-order valence-corrected chi connectivity index (χ3v) is 3.88. The van der Waals surface area contributed by atoms with Crippen LogP contribution in [0, 0.1) is 0 Å². The minimum atomic E-state index is -0.535. The smallest absolute Gasteiger partial charge is 0.251 e. The van der Waals surface area contributed by atoms with Crippen LogP contribution in [0.15, 0.2) is 48.5 Å². The molecule has 136 valence electrons. The van der Waals surface area contributed by atoms with Gasteiger partial charge in [0.05, 0.1) is 6.54 Å². The van der Waals surface area contributed by atoms with E-state index in [0.29, 0.717) is 16.8 Å². The van der Waals surface area contributed by atoms with Crippen LogP contribution < -0.4 is 16.4 Å². The van der Waals surface area contributed by atoms with Gasteiger partial charge in [0, 0.05) is 16.8 Å². The van der Waals surface area contributed by atoms with Gasteiger partial charge >= 0.3 is 0 Å². The lowest BCUT2D eigenvalue weighted by atomic mass is 9.87. The van der Waals surface area contributed by atoms with Gasteiger partial charge in [-0.25, -0.2) is 0 Å². The Bertz CT molecular complexity index is 804. The fourth-order valence-corrected chi connectivity index (χ4v) is 2.31. The highest BCUT2D eigenvalue weighted by Crippen LogP contribution is 2.22. The average Bonchev–Trinajstić information content (AvgIpc) is 2.59. The number of primary amides is 1. The first kappa shape index (κ1) is 19.2. The first-order valence-corrected chi connectivity index (χ1v) is 8.25. The fourth-order valence-electron chi connectivity index (χ4n) is 2.31. The third-order valence-electron chi connectivity index (χ3n) is 3.88. The number of anilines is 1. The number of benzene rings is 2. The van der Waals surface area contributed by atoms with Gasteiger partial charge < -0.3 is 16.4 Å². The Labute approximate surface area is 152 Å². The lowest BCUT2D eigenvalue weighted by molar-refractivity contribution is -0.115. The van der Waals surface area contributed by atoms with Crippen molar-refractivity contribution in [3.63, 3.8) is 0 Å². The molecule has 0 bridgehead atoms. The van der Waals surface area contributed by atoms with E-state index in [0.717, 1.165) is 5.56 Å². The van der Waals surface area contributed by atoms with Crippen LogP contribution in [0.3, 0.4) is 0 Å². The maximum Gasteiger partial charge on any atom is 0.251 e. The summed E-state index contributed by atoms with van der Waals surface area (Å²) in [6.45, 7) is 6.14. The van der Waals surface area contributed by atoms with E-state index in [1.165, 1.54) is 12.1 Å². The van der Waals surface area contributed by atoms with E-state index in [9.17, 15) is 14.4 Å². The van der Waals surface area contributed by atoms with E-state index >= 15 is 0 Å². The molecule has 3 amide bonds. The molecule has 0 fully saturated rings. The van der Waals surface area contributed by atoms with Gasteiger partial charge in [0.2, 0.25) is 11.8 Å². The van der Waals surface area contributed by atoms with Crippen LogP contribution in [0.4, 0.5) is 5.69 Å². The molecular formula is C20H23N3O3. The number of carbonyl (C=O) groups is 3. The minimum Gasteiger partial charge on any atom is -0.366 e. The Morgan fingerprint density at radius 2 is 1.42 bits per heavy atom. The van der Waals surface area contributed by atoms with Crippen molar-refractivity contribution in [3.8, 4) is 0 Å². The molecule has 6 heteroatoms. The number of amides is 3. The van der Waals surface area contributed by atoms with Gasteiger partial charge in [-0.2, -0.15) is 0 Å². The molecule has 0 heterocycles. The van der Waals surface area contributed by atoms with E-state index in [1.807, 2.05) is 12.1 Å². The lowest BCUT2D eigenvalue weighted by Gasteiger charge is -2.19. The highest BCUT2D eigenvalue weighted by atomic mass is 16.2. The second-order valence-electron chi connectivity index (χ2n) is 7.00. The predicted molar refractivity (Wildman–Crippen MR) is 101 cm³/mol.